The Bertz CT molecular complexity index is 1290. The Morgan fingerprint density at radius 1 is 0.921 bits per heavy atom. The van der Waals surface area contributed by atoms with Gasteiger partial charge in [-0.2, -0.15) is 0 Å². The molecule has 1 unspecified atom stereocenters. The smallest absolute Gasteiger partial charge is 0.339 e. The van der Waals surface area contributed by atoms with Crippen LogP contribution in [0.15, 0.2) is 59.5 Å². The van der Waals surface area contributed by atoms with E-state index >= 15 is 0 Å². The molecule has 0 saturated carbocycles. The first-order valence-electron chi connectivity index (χ1n) is 10.9. The van der Waals surface area contributed by atoms with E-state index in [0.717, 1.165) is 6.26 Å². The highest BCUT2D eigenvalue weighted by Crippen LogP contribution is 2.29. The van der Waals surface area contributed by atoms with Gasteiger partial charge in [0, 0.05) is 25.2 Å². The molecule has 0 N–H and O–H groups in total. The highest BCUT2D eigenvalue weighted by Gasteiger charge is 2.23. The summed E-state index contributed by atoms with van der Waals surface area (Å²) in [5.41, 5.74) is 0.920. The standard InChI is InChI=1S/C23H24N2O12S/c1-16(26)35-15-21(17-8-10-20(11-9-17)38(2,32)33)22(18-6-4-3-5-7-18)23(27)34-13-12-19(37-25(30)31)14-36-24(28)29/h3-11,19H,12-15H2,1-2H3. The van der Waals surface area contributed by atoms with Crippen LogP contribution in [0.25, 0.3) is 11.1 Å². The zero-order chi connectivity index (χ0) is 28.3. The molecule has 0 spiro atoms. The molecule has 15 heteroatoms. The zero-order valence-corrected chi connectivity index (χ0v) is 21.1. The van der Waals surface area contributed by atoms with Crippen LogP contribution in [0.1, 0.15) is 24.5 Å². The van der Waals surface area contributed by atoms with E-state index in [9.17, 15) is 38.2 Å². The summed E-state index contributed by atoms with van der Waals surface area (Å²) in [5, 5.41) is 18.8. The monoisotopic (exact) mass is 552 g/mol. The number of nitrogens with zero attached hydrogens (tertiary/aromatic N) is 2. The van der Waals surface area contributed by atoms with E-state index < -0.39 is 51.3 Å². The van der Waals surface area contributed by atoms with Crippen LogP contribution in [0.4, 0.5) is 0 Å². The first-order valence-corrected chi connectivity index (χ1v) is 12.8. The first-order chi connectivity index (χ1) is 17.9. The summed E-state index contributed by atoms with van der Waals surface area (Å²) in [6.45, 7) is -0.399. The zero-order valence-electron chi connectivity index (χ0n) is 20.3. The predicted molar refractivity (Wildman–Crippen MR) is 130 cm³/mol. The molecule has 1 atom stereocenters. The molecule has 2 aromatic carbocycles. The van der Waals surface area contributed by atoms with Gasteiger partial charge in [0.05, 0.1) is 17.1 Å². The SMILES string of the molecule is CC(=O)OCC(=C(C(=O)OCCC(CO[N+](=O)[O-])O[N+](=O)[O-])c1ccccc1)c1ccc(S(C)(=O)=O)cc1. The number of rotatable bonds is 14. The number of sulfone groups is 1. The van der Waals surface area contributed by atoms with Gasteiger partial charge in [0.1, 0.15) is 19.3 Å². The van der Waals surface area contributed by atoms with Crippen molar-refractivity contribution in [3.05, 3.63) is 86.0 Å². The molecule has 0 aliphatic carbocycles. The lowest BCUT2D eigenvalue weighted by Crippen LogP contribution is -2.26. The summed E-state index contributed by atoms with van der Waals surface area (Å²) in [5.74, 6) is -1.54. The largest absolute Gasteiger partial charge is 0.462 e. The van der Waals surface area contributed by atoms with Crippen LogP contribution >= 0.6 is 0 Å². The fourth-order valence-electron chi connectivity index (χ4n) is 3.18. The third-order valence-corrected chi connectivity index (χ3v) is 6.02. The molecule has 2 aromatic rings. The second kappa shape index (κ2) is 13.7. The van der Waals surface area contributed by atoms with E-state index in [1.807, 2.05) is 0 Å². The van der Waals surface area contributed by atoms with Crippen LogP contribution in [-0.4, -0.2) is 62.7 Å². The lowest BCUT2D eigenvalue weighted by atomic mass is 9.95. The molecule has 0 radical (unpaired) electrons. The van der Waals surface area contributed by atoms with Gasteiger partial charge in [-0.15, -0.1) is 20.2 Å². The van der Waals surface area contributed by atoms with Gasteiger partial charge in [-0.05, 0) is 23.3 Å². The van der Waals surface area contributed by atoms with Crippen LogP contribution in [0, 0.1) is 20.2 Å². The molecule has 14 nitrogen and oxygen atoms in total. The van der Waals surface area contributed by atoms with Crippen LogP contribution < -0.4 is 0 Å². The van der Waals surface area contributed by atoms with E-state index in [2.05, 4.69) is 9.68 Å². The molecule has 0 aliphatic rings. The maximum Gasteiger partial charge on any atom is 0.339 e. The molecular formula is C23H24N2O12S. The van der Waals surface area contributed by atoms with Gasteiger partial charge in [0.15, 0.2) is 9.84 Å². The second-order valence-corrected chi connectivity index (χ2v) is 9.71. The minimum Gasteiger partial charge on any atom is -0.462 e. The van der Waals surface area contributed by atoms with E-state index in [1.54, 1.807) is 30.3 Å². The first kappa shape index (κ1) is 29.7. The van der Waals surface area contributed by atoms with E-state index in [0.29, 0.717) is 11.1 Å². The third kappa shape index (κ3) is 9.50. The molecule has 0 bridgehead atoms. The van der Waals surface area contributed by atoms with Gasteiger partial charge in [-0.1, -0.05) is 42.5 Å². The average molecular weight is 553 g/mol. The van der Waals surface area contributed by atoms with Gasteiger partial charge in [0.25, 0.3) is 10.2 Å². The van der Waals surface area contributed by atoms with Crippen LogP contribution in [0.5, 0.6) is 0 Å². The summed E-state index contributed by atoms with van der Waals surface area (Å²) in [4.78, 5) is 54.4. The maximum absolute atomic E-state index is 13.3. The Labute approximate surface area is 216 Å². The summed E-state index contributed by atoms with van der Waals surface area (Å²) >= 11 is 0. The minimum atomic E-state index is -3.50. The van der Waals surface area contributed by atoms with Gasteiger partial charge >= 0.3 is 11.9 Å². The van der Waals surface area contributed by atoms with E-state index in [1.165, 1.54) is 31.2 Å². The van der Waals surface area contributed by atoms with Gasteiger partial charge in [-0.25, -0.2) is 13.2 Å². The molecule has 38 heavy (non-hydrogen) atoms. The second-order valence-electron chi connectivity index (χ2n) is 7.69. The molecule has 0 aliphatic heterocycles. The predicted octanol–water partition coefficient (Wildman–Crippen LogP) is 2.28. The number of benzene rings is 2. The van der Waals surface area contributed by atoms with Crippen molar-refractivity contribution in [1.82, 2.24) is 0 Å². The summed E-state index contributed by atoms with van der Waals surface area (Å²) in [7, 11) is -3.50. The molecule has 0 aromatic heterocycles. The van der Waals surface area contributed by atoms with Crippen molar-refractivity contribution < 1.29 is 47.3 Å². The number of ether oxygens (including phenoxy) is 2. The number of hydrogen-bond donors (Lipinski definition) is 0. The molecule has 204 valence electrons. The van der Waals surface area contributed by atoms with E-state index in [-0.39, 0.29) is 29.1 Å². The molecule has 0 fully saturated rings. The Morgan fingerprint density at radius 2 is 1.55 bits per heavy atom. The fraction of sp³-hybridized carbons (Fsp3) is 0.304. The Balaban J connectivity index is 2.44. The van der Waals surface area contributed by atoms with Crippen molar-refractivity contribution in [2.75, 3.05) is 26.1 Å². The van der Waals surface area contributed by atoms with Crippen molar-refractivity contribution in [3.63, 3.8) is 0 Å². The van der Waals surface area contributed by atoms with Crippen molar-refractivity contribution in [3.8, 4) is 0 Å². The summed E-state index contributed by atoms with van der Waals surface area (Å²) in [6.07, 6.45) is -0.668. The van der Waals surface area contributed by atoms with Crippen molar-refractivity contribution in [2.24, 2.45) is 0 Å². The Kier molecular flexibility index (Phi) is 10.7. The van der Waals surface area contributed by atoms with Gasteiger partial charge in [0.2, 0.25) is 0 Å². The molecule has 0 amide bonds. The number of hydrogen-bond acceptors (Lipinski definition) is 12. The number of esters is 2. The maximum atomic E-state index is 13.3. The van der Waals surface area contributed by atoms with Gasteiger partial charge < -0.3 is 19.1 Å². The van der Waals surface area contributed by atoms with Crippen molar-refractivity contribution >= 4 is 32.9 Å². The highest BCUT2D eigenvalue weighted by atomic mass is 32.2. The Morgan fingerprint density at radius 3 is 2.08 bits per heavy atom. The third-order valence-electron chi connectivity index (χ3n) is 4.89. The summed E-state index contributed by atoms with van der Waals surface area (Å²) < 4.78 is 34.2. The molecule has 2 rings (SSSR count). The minimum absolute atomic E-state index is 0.0211. The number of carbonyl (C=O) groups is 2. The molecule has 0 heterocycles. The average Bonchev–Trinajstić information content (AvgIpc) is 2.84. The topological polar surface area (TPSA) is 191 Å². The highest BCUT2D eigenvalue weighted by molar-refractivity contribution is 7.90. The van der Waals surface area contributed by atoms with Crippen LogP contribution in [0.2, 0.25) is 0 Å². The quantitative estimate of drug-likeness (QED) is 0.109. The van der Waals surface area contributed by atoms with E-state index in [4.69, 9.17) is 9.47 Å². The lowest BCUT2D eigenvalue weighted by Gasteiger charge is -2.17. The molecular weight excluding hydrogens is 528 g/mol. The Hall–Kier alpha value is -4.53. The molecule has 0 saturated heterocycles. The lowest BCUT2D eigenvalue weighted by molar-refractivity contribution is -0.790. The number of carbonyl (C=O) groups excluding carboxylic acids is 2. The van der Waals surface area contributed by atoms with Crippen LogP contribution in [-0.2, 0) is 38.6 Å². The fourth-order valence-corrected chi connectivity index (χ4v) is 3.81. The van der Waals surface area contributed by atoms with Crippen LogP contribution in [0.3, 0.4) is 0 Å². The summed E-state index contributed by atoms with van der Waals surface area (Å²) in [6, 6.07) is 13.8. The van der Waals surface area contributed by atoms with Gasteiger partial charge in [-0.3, -0.25) is 4.79 Å². The van der Waals surface area contributed by atoms with Crippen molar-refractivity contribution in [1.29, 1.82) is 0 Å². The van der Waals surface area contributed by atoms with Crippen molar-refractivity contribution in [2.45, 2.75) is 24.3 Å². The normalized spacial score (nSPS) is 12.5.